The average Bonchev–Trinajstić information content (AvgIpc) is 3.69. The van der Waals surface area contributed by atoms with E-state index < -0.39 is 47.9 Å². The van der Waals surface area contributed by atoms with Crippen molar-refractivity contribution in [3.63, 3.8) is 0 Å². The van der Waals surface area contributed by atoms with Gasteiger partial charge in [-0.3, -0.25) is 33.6 Å². The summed E-state index contributed by atoms with van der Waals surface area (Å²) in [7, 11) is 6.84. The number of carbonyl (C=O) groups excluding carboxylic acids is 8. The lowest BCUT2D eigenvalue weighted by Gasteiger charge is -2.21. The van der Waals surface area contributed by atoms with E-state index >= 15 is 0 Å². The lowest BCUT2D eigenvalue weighted by Crippen LogP contribution is -2.42. The van der Waals surface area contributed by atoms with Crippen LogP contribution in [0.1, 0.15) is 141 Å². The Hall–Kier alpha value is -7.56. The van der Waals surface area contributed by atoms with Crippen molar-refractivity contribution in [1.82, 2.24) is 16.0 Å². The number of rotatable bonds is 39. The van der Waals surface area contributed by atoms with Gasteiger partial charge < -0.3 is 68.3 Å². The van der Waals surface area contributed by atoms with E-state index in [4.69, 9.17) is 52.4 Å². The summed E-state index contributed by atoms with van der Waals surface area (Å²) in [5, 5.41) is 8.63. The molecule has 0 aliphatic carbocycles. The SMILES string of the molecule is COC(=O)c1cc(CC(=O)[C@H](CCCCN)NC(=O)c2cc(CC(=O)[C@H](CCCCN)NC(=O)c3cc(CC(=O)[C@H](CCCCN)NC(=O)c4cc(CC(=O)[C@@H](N)CCCCN)ccc4OC)ccc3OC)ccc2OC)ccc1OC. The maximum atomic E-state index is 14.3. The van der Waals surface area contributed by atoms with E-state index in [1.807, 2.05) is 0 Å². The van der Waals surface area contributed by atoms with Crippen molar-refractivity contribution in [3.05, 3.63) is 117 Å². The predicted molar refractivity (Wildman–Crippen MR) is 312 cm³/mol. The first-order valence-corrected chi connectivity index (χ1v) is 27.8. The summed E-state index contributed by atoms with van der Waals surface area (Å²) in [5.74, 6) is -2.86. The first-order chi connectivity index (χ1) is 39.5. The average molecular weight is 1140 g/mol. The number of Topliss-reactive ketones (excluding diaryl/α,β-unsaturated/α-hetero) is 4. The number of amides is 3. The summed E-state index contributed by atoms with van der Waals surface area (Å²) in [6, 6.07) is 15.3. The van der Waals surface area contributed by atoms with Crippen LogP contribution in [-0.2, 0) is 49.6 Å². The molecule has 0 aromatic heterocycles. The Bertz CT molecular complexity index is 2810. The van der Waals surface area contributed by atoms with Crippen molar-refractivity contribution < 1.29 is 62.0 Å². The number of methoxy groups -OCH3 is 5. The van der Waals surface area contributed by atoms with Gasteiger partial charge in [-0.25, -0.2) is 4.79 Å². The molecule has 0 aliphatic rings. The fraction of sp³-hybridized carbons (Fsp3) is 0.475. The quantitative estimate of drug-likeness (QED) is 0.0229. The van der Waals surface area contributed by atoms with Crippen molar-refractivity contribution >= 4 is 46.8 Å². The van der Waals surface area contributed by atoms with E-state index in [0.29, 0.717) is 99.8 Å². The molecule has 13 N–H and O–H groups in total. The molecular weight excluding hydrogens is 1050 g/mol. The molecular formula is C61H84N8O13. The topological polar surface area (TPSA) is 349 Å². The molecule has 21 heteroatoms. The molecule has 4 rings (SSSR count). The zero-order valence-electron chi connectivity index (χ0n) is 48.1. The molecule has 0 bridgehead atoms. The number of unbranched alkanes of at least 4 members (excludes halogenated alkanes) is 4. The number of ether oxygens (including phenoxy) is 5. The van der Waals surface area contributed by atoms with Crippen LogP contribution in [0.25, 0.3) is 0 Å². The number of hydrogen-bond acceptors (Lipinski definition) is 18. The predicted octanol–water partition coefficient (Wildman–Crippen LogP) is 4.19. The van der Waals surface area contributed by atoms with E-state index in [1.165, 1.54) is 53.7 Å². The number of esters is 1. The number of benzene rings is 4. The van der Waals surface area contributed by atoms with E-state index in [1.54, 1.807) is 54.6 Å². The second-order valence-electron chi connectivity index (χ2n) is 20.0. The van der Waals surface area contributed by atoms with Crippen LogP contribution in [0.3, 0.4) is 0 Å². The zero-order chi connectivity index (χ0) is 60.1. The Morgan fingerprint density at radius 1 is 0.378 bits per heavy atom. The van der Waals surface area contributed by atoms with Crippen LogP contribution in [0.2, 0.25) is 0 Å². The molecule has 4 aromatic carbocycles. The van der Waals surface area contributed by atoms with Crippen LogP contribution in [0, 0.1) is 0 Å². The number of carbonyl (C=O) groups is 8. The van der Waals surface area contributed by atoms with Gasteiger partial charge >= 0.3 is 5.97 Å². The fourth-order valence-electron chi connectivity index (χ4n) is 9.36. The summed E-state index contributed by atoms with van der Waals surface area (Å²) in [6.45, 7) is 1.60. The molecule has 446 valence electrons. The summed E-state index contributed by atoms with van der Waals surface area (Å²) >= 11 is 0. The van der Waals surface area contributed by atoms with Gasteiger partial charge in [0.1, 0.15) is 28.6 Å². The number of hydrogen-bond donors (Lipinski definition) is 8. The van der Waals surface area contributed by atoms with Crippen LogP contribution < -0.4 is 63.6 Å². The highest BCUT2D eigenvalue weighted by Crippen LogP contribution is 2.27. The van der Waals surface area contributed by atoms with Gasteiger partial charge in [0.15, 0.2) is 23.1 Å². The summed E-state index contributed by atoms with van der Waals surface area (Å²) in [4.78, 5) is 110. The van der Waals surface area contributed by atoms with Gasteiger partial charge in [0.2, 0.25) is 0 Å². The monoisotopic (exact) mass is 1140 g/mol. The third-order valence-electron chi connectivity index (χ3n) is 14.0. The molecule has 82 heavy (non-hydrogen) atoms. The normalized spacial score (nSPS) is 12.5. The van der Waals surface area contributed by atoms with Gasteiger partial charge in [-0.2, -0.15) is 0 Å². The summed E-state index contributed by atoms with van der Waals surface area (Å²) in [6.07, 6.45) is 5.48. The molecule has 0 unspecified atom stereocenters. The molecule has 0 saturated heterocycles. The maximum Gasteiger partial charge on any atom is 0.341 e. The highest BCUT2D eigenvalue weighted by Gasteiger charge is 2.29. The standard InChI is InChI=1S/C61H84N8O13/c1-78-54-22-18-38(34-50(70)46(66)14-6-10-26-62)30-42(54)58(74)67-47(15-7-11-27-63)51(71)35-39-19-23-55(79-2)43(31-39)59(75)68-48(16-8-12-28-64)52(72)36-40-20-24-56(80-3)44(32-40)60(76)69-49(17-9-13-29-65)53(73)37-41-21-25-57(81-4)45(33-41)61(77)82-5/h18-25,30-33,46-49H,6-17,26-29,34-37,62-66H2,1-5H3,(H,67,74)(H,68,75)(H,69,76)/t46-,47-,48-,49-/m0/s1. The maximum absolute atomic E-state index is 14.3. The van der Waals surface area contributed by atoms with E-state index in [9.17, 15) is 38.4 Å². The van der Waals surface area contributed by atoms with Crippen molar-refractivity contribution in [2.75, 3.05) is 61.7 Å². The van der Waals surface area contributed by atoms with Crippen molar-refractivity contribution in [2.45, 2.75) is 127 Å². The lowest BCUT2D eigenvalue weighted by molar-refractivity contribution is -0.121. The van der Waals surface area contributed by atoms with Gasteiger partial charge in [-0.05, 0) is 168 Å². The Labute approximate surface area is 480 Å². The van der Waals surface area contributed by atoms with Crippen molar-refractivity contribution in [2.24, 2.45) is 28.7 Å². The molecule has 0 heterocycles. The molecule has 0 spiro atoms. The van der Waals surface area contributed by atoms with Crippen LogP contribution in [0.4, 0.5) is 0 Å². The van der Waals surface area contributed by atoms with Gasteiger partial charge in [0.05, 0.1) is 76.4 Å². The first kappa shape index (κ1) is 66.9. The van der Waals surface area contributed by atoms with Gasteiger partial charge in [0, 0.05) is 25.7 Å². The molecule has 0 aliphatic heterocycles. The largest absolute Gasteiger partial charge is 0.496 e. The molecule has 4 atom stereocenters. The van der Waals surface area contributed by atoms with Crippen LogP contribution in [0.5, 0.6) is 23.0 Å². The molecule has 3 amide bonds. The molecule has 0 fully saturated rings. The van der Waals surface area contributed by atoms with Gasteiger partial charge in [-0.1, -0.05) is 30.7 Å². The highest BCUT2D eigenvalue weighted by atomic mass is 16.5. The molecule has 0 radical (unpaired) electrons. The highest BCUT2D eigenvalue weighted by molar-refractivity contribution is 6.03. The van der Waals surface area contributed by atoms with Gasteiger partial charge in [-0.15, -0.1) is 0 Å². The Morgan fingerprint density at radius 3 is 0.927 bits per heavy atom. The Kier molecular flexibility index (Phi) is 28.8. The van der Waals surface area contributed by atoms with Crippen LogP contribution >= 0.6 is 0 Å². The molecule has 4 aromatic rings. The van der Waals surface area contributed by atoms with E-state index in [0.717, 1.165) is 6.42 Å². The van der Waals surface area contributed by atoms with Crippen LogP contribution in [0.15, 0.2) is 72.8 Å². The number of nitrogens with one attached hydrogen (secondary N) is 3. The minimum absolute atomic E-state index is 0.00608. The van der Waals surface area contributed by atoms with Crippen molar-refractivity contribution in [1.29, 1.82) is 0 Å². The lowest BCUT2D eigenvalue weighted by atomic mass is 9.95. The molecule has 0 saturated carbocycles. The number of ketones is 4. The number of nitrogens with two attached hydrogens (primary N) is 5. The van der Waals surface area contributed by atoms with Gasteiger partial charge in [0.25, 0.3) is 17.7 Å². The minimum atomic E-state index is -1.02. The Morgan fingerprint density at radius 2 is 0.646 bits per heavy atom. The second-order valence-corrected chi connectivity index (χ2v) is 20.0. The van der Waals surface area contributed by atoms with E-state index in [2.05, 4.69) is 16.0 Å². The summed E-state index contributed by atoms with van der Waals surface area (Å²) < 4.78 is 26.9. The second kappa shape index (κ2) is 35.3. The van der Waals surface area contributed by atoms with Crippen LogP contribution in [-0.4, -0.2) is 133 Å². The van der Waals surface area contributed by atoms with E-state index in [-0.39, 0.29) is 113 Å². The molecule has 21 nitrogen and oxygen atoms in total. The zero-order valence-corrected chi connectivity index (χ0v) is 48.1. The third-order valence-corrected chi connectivity index (χ3v) is 14.0. The first-order valence-electron chi connectivity index (χ1n) is 27.8. The third kappa shape index (κ3) is 20.5. The summed E-state index contributed by atoms with van der Waals surface area (Å²) in [5.41, 5.74) is 31.5. The van der Waals surface area contributed by atoms with Crippen molar-refractivity contribution in [3.8, 4) is 23.0 Å². The smallest absolute Gasteiger partial charge is 0.341 e. The Balaban J connectivity index is 1.55. The fourth-order valence-corrected chi connectivity index (χ4v) is 9.36. The minimum Gasteiger partial charge on any atom is -0.496 e.